The number of ether oxygens (including phenoxy) is 2. The molecule has 2 heterocycles. The van der Waals surface area contributed by atoms with Crippen molar-refractivity contribution < 1.29 is 13.9 Å². The molecule has 0 radical (unpaired) electrons. The lowest BCUT2D eigenvalue weighted by Gasteiger charge is -2.20. The molecule has 0 N–H and O–H groups in total. The molecule has 5 heteroatoms. The fourth-order valence-corrected chi connectivity index (χ4v) is 3.56. The minimum absolute atomic E-state index is 0.694. The number of rotatable bonds is 3. The van der Waals surface area contributed by atoms with Gasteiger partial charge in [0, 0.05) is 5.56 Å². The Kier molecular flexibility index (Phi) is 4.86. The van der Waals surface area contributed by atoms with Gasteiger partial charge in [-0.2, -0.15) is 0 Å². The first kappa shape index (κ1) is 17.6. The smallest absolute Gasteiger partial charge is 0.214 e. The summed E-state index contributed by atoms with van der Waals surface area (Å²) in [5.74, 6) is 2.23. The van der Waals surface area contributed by atoms with Crippen LogP contribution >= 0.6 is 0 Å². The minimum Gasteiger partial charge on any atom is -0.493 e. The van der Waals surface area contributed by atoms with Crippen molar-refractivity contribution in [1.29, 1.82) is 0 Å². The molecule has 0 amide bonds. The zero-order valence-corrected chi connectivity index (χ0v) is 16.1. The summed E-state index contributed by atoms with van der Waals surface area (Å²) in [6.45, 7) is 4.14. The first-order valence-electron chi connectivity index (χ1n) is 9.21. The third-order valence-electron chi connectivity index (χ3n) is 5.16. The van der Waals surface area contributed by atoms with Crippen LogP contribution in [0.3, 0.4) is 0 Å². The fourth-order valence-electron chi connectivity index (χ4n) is 3.56. The van der Waals surface area contributed by atoms with E-state index in [1.165, 1.54) is 5.36 Å². The number of fused-ring (bicyclic) bond motifs is 1. The molecule has 0 aliphatic carbocycles. The predicted molar refractivity (Wildman–Crippen MR) is 107 cm³/mol. The summed E-state index contributed by atoms with van der Waals surface area (Å²) in [5, 5.41) is 2.36. The molecule has 0 spiro atoms. The molecule has 0 unspecified atom stereocenters. The van der Waals surface area contributed by atoms with Crippen LogP contribution in [0.1, 0.15) is 0 Å². The van der Waals surface area contributed by atoms with E-state index < -0.39 is 0 Å². The summed E-state index contributed by atoms with van der Waals surface area (Å²) in [4.78, 5) is 2.36. The summed E-state index contributed by atoms with van der Waals surface area (Å²) in [6.07, 6.45) is 0. The maximum atomic E-state index is 6.24. The highest BCUT2D eigenvalue weighted by molar-refractivity contribution is 5.78. The quantitative estimate of drug-likeness (QED) is 0.669. The minimum atomic E-state index is 0.694. The van der Waals surface area contributed by atoms with Crippen molar-refractivity contribution in [3.8, 4) is 22.8 Å². The van der Waals surface area contributed by atoms with Gasteiger partial charge in [-0.15, -0.1) is 0 Å². The van der Waals surface area contributed by atoms with Gasteiger partial charge in [0.15, 0.2) is 24.6 Å². The van der Waals surface area contributed by atoms with Crippen molar-refractivity contribution >= 4 is 11.0 Å². The fraction of sp³-hybridized carbons (Fsp3) is 0.318. The molecule has 1 aliphatic heterocycles. The molecular weight excluding hydrogens is 340 g/mol. The Morgan fingerprint density at radius 3 is 2.41 bits per heavy atom. The highest BCUT2D eigenvalue weighted by Gasteiger charge is 2.19. The second-order valence-electron chi connectivity index (χ2n) is 6.85. The van der Waals surface area contributed by atoms with E-state index in [1.54, 1.807) is 14.2 Å². The third-order valence-corrected chi connectivity index (χ3v) is 5.16. The average molecular weight is 365 g/mol. The van der Waals surface area contributed by atoms with Crippen LogP contribution in [0, 0.1) is 0 Å². The van der Waals surface area contributed by atoms with Crippen molar-refractivity contribution in [3.63, 3.8) is 0 Å². The van der Waals surface area contributed by atoms with Crippen LogP contribution in [-0.2, 0) is 0 Å². The van der Waals surface area contributed by atoms with E-state index in [2.05, 4.69) is 34.7 Å². The van der Waals surface area contributed by atoms with E-state index in [9.17, 15) is 0 Å². The number of para-hydroxylation sites is 1. The molecule has 0 bridgehead atoms. The standard InChI is InChI=1S/C22H25N2O3/c1-23-10-12-24(13-11-23)18-15-21(27-19-7-5-4-6-17(18)19)16-8-9-20(25-2)22(14-16)26-3/h4-9,14-15H,10-13H2,1-3H3/q+1. The van der Waals surface area contributed by atoms with Crippen LogP contribution in [0.2, 0.25) is 0 Å². The zero-order valence-electron chi connectivity index (χ0n) is 16.1. The summed E-state index contributed by atoms with van der Waals surface area (Å²) < 4.78 is 19.5. The van der Waals surface area contributed by atoms with Crippen LogP contribution in [0.15, 0.2) is 52.9 Å². The second-order valence-corrected chi connectivity index (χ2v) is 6.85. The van der Waals surface area contributed by atoms with E-state index in [4.69, 9.17) is 13.9 Å². The second kappa shape index (κ2) is 7.45. The Bertz CT molecular complexity index is 1030. The molecule has 1 aliphatic rings. The topological polar surface area (TPSA) is 37.9 Å². The summed E-state index contributed by atoms with van der Waals surface area (Å²) in [6, 6.07) is 16.3. The average Bonchev–Trinajstić information content (AvgIpc) is 2.73. The maximum absolute atomic E-state index is 6.24. The number of hydrogen-bond donors (Lipinski definition) is 0. The van der Waals surface area contributed by atoms with Crippen molar-refractivity contribution in [2.75, 3.05) is 47.4 Å². The predicted octanol–water partition coefficient (Wildman–Crippen LogP) is 2.83. The van der Waals surface area contributed by atoms with Gasteiger partial charge < -0.3 is 13.9 Å². The molecular formula is C22H25N2O3+. The van der Waals surface area contributed by atoms with E-state index in [0.717, 1.165) is 48.5 Å². The van der Waals surface area contributed by atoms with E-state index in [-0.39, 0.29) is 0 Å². The molecule has 140 valence electrons. The maximum Gasteiger partial charge on any atom is 0.214 e. The molecule has 2 aromatic carbocycles. The molecule has 1 aromatic heterocycles. The Morgan fingerprint density at radius 2 is 1.67 bits per heavy atom. The van der Waals surface area contributed by atoms with E-state index in [1.807, 2.05) is 30.3 Å². The van der Waals surface area contributed by atoms with Gasteiger partial charge in [-0.25, -0.2) is 4.58 Å². The van der Waals surface area contributed by atoms with Crippen LogP contribution in [0.25, 0.3) is 22.3 Å². The largest absolute Gasteiger partial charge is 0.493 e. The Labute approximate surface area is 159 Å². The monoisotopic (exact) mass is 365 g/mol. The van der Waals surface area contributed by atoms with Gasteiger partial charge in [0.05, 0.1) is 38.8 Å². The summed E-state index contributed by atoms with van der Waals surface area (Å²) in [5.41, 5.74) is 1.85. The van der Waals surface area contributed by atoms with E-state index >= 15 is 0 Å². The van der Waals surface area contributed by atoms with Gasteiger partial charge in [0.1, 0.15) is 11.3 Å². The number of methoxy groups -OCH3 is 2. The lowest BCUT2D eigenvalue weighted by Crippen LogP contribution is -2.46. The molecule has 1 fully saturated rings. The van der Waals surface area contributed by atoms with Gasteiger partial charge >= 0.3 is 0 Å². The van der Waals surface area contributed by atoms with Crippen molar-refractivity contribution in [3.05, 3.63) is 53.9 Å². The van der Waals surface area contributed by atoms with Gasteiger partial charge in [-0.05, 0) is 37.4 Å². The molecule has 27 heavy (non-hydrogen) atoms. The lowest BCUT2D eigenvalue weighted by atomic mass is 10.1. The highest BCUT2D eigenvalue weighted by Crippen LogP contribution is 2.32. The number of hydrogen-bond acceptors (Lipinski definition) is 4. The number of benzene rings is 2. The van der Waals surface area contributed by atoms with Crippen molar-refractivity contribution in [1.82, 2.24) is 9.48 Å². The van der Waals surface area contributed by atoms with Gasteiger partial charge in [0.2, 0.25) is 5.36 Å². The molecule has 3 aromatic rings. The van der Waals surface area contributed by atoms with Gasteiger partial charge in [-0.3, -0.25) is 4.90 Å². The normalized spacial score (nSPS) is 15.1. The number of likely N-dealkylation sites (N-methyl/N-ethyl adjacent to an activating group) is 1. The Balaban J connectivity index is 1.92. The van der Waals surface area contributed by atoms with Crippen molar-refractivity contribution in [2.45, 2.75) is 0 Å². The van der Waals surface area contributed by atoms with Crippen LogP contribution in [0.5, 0.6) is 11.5 Å². The Morgan fingerprint density at radius 1 is 0.926 bits per heavy atom. The van der Waals surface area contributed by atoms with Gasteiger partial charge in [-0.1, -0.05) is 12.1 Å². The molecule has 1 saturated heterocycles. The van der Waals surface area contributed by atoms with E-state index in [0.29, 0.717) is 11.5 Å². The third kappa shape index (κ3) is 3.43. The van der Waals surface area contributed by atoms with Crippen LogP contribution < -0.4 is 19.4 Å². The first-order valence-corrected chi connectivity index (χ1v) is 9.21. The van der Waals surface area contributed by atoms with Gasteiger partial charge in [0.25, 0.3) is 0 Å². The lowest BCUT2D eigenvalue weighted by molar-refractivity contribution is 0.267. The number of nitrogens with zero attached hydrogens (tertiary/aromatic N) is 2. The Hall–Kier alpha value is -2.79. The summed E-state index contributed by atoms with van der Waals surface area (Å²) >= 11 is 0. The highest BCUT2D eigenvalue weighted by atomic mass is 16.5. The zero-order chi connectivity index (χ0) is 18.8. The van der Waals surface area contributed by atoms with Crippen molar-refractivity contribution in [2.24, 2.45) is 0 Å². The van der Waals surface area contributed by atoms with Crippen LogP contribution in [0.4, 0.5) is 0 Å². The molecule has 0 saturated carbocycles. The van der Waals surface area contributed by atoms with Crippen LogP contribution in [-0.4, -0.2) is 52.3 Å². The number of piperazine rings is 1. The first-order chi connectivity index (χ1) is 13.2. The summed E-state index contributed by atoms with van der Waals surface area (Å²) in [7, 11) is 5.46. The SMILES string of the molecule is COc1ccc(-c2cc(=[N+]3CCN(C)CC3)c3ccccc3o2)cc1OC. The molecule has 0 atom stereocenters. The molecule has 5 nitrogen and oxygen atoms in total. The molecule has 4 rings (SSSR count).